The van der Waals surface area contributed by atoms with Crippen molar-refractivity contribution in [2.45, 2.75) is 33.6 Å². The second-order valence-electron chi connectivity index (χ2n) is 4.59. The summed E-state index contributed by atoms with van der Waals surface area (Å²) in [5, 5.41) is 9.99. The Morgan fingerprint density at radius 1 is 1.35 bits per heavy atom. The zero-order valence-corrected chi connectivity index (χ0v) is 12.5. The van der Waals surface area contributed by atoms with E-state index in [4.69, 9.17) is 11.6 Å². The first-order valence-corrected chi connectivity index (χ1v) is 6.97. The van der Waals surface area contributed by atoms with Crippen LogP contribution in [0.2, 0.25) is 5.02 Å². The Balaban J connectivity index is 2.83. The van der Waals surface area contributed by atoms with E-state index in [0.717, 1.165) is 29.1 Å². The molecule has 0 amide bonds. The lowest BCUT2D eigenvalue weighted by Crippen LogP contribution is -2.12. The maximum absolute atomic E-state index is 11.4. The summed E-state index contributed by atoms with van der Waals surface area (Å²) in [6, 6.07) is 3.79. The Hall–Kier alpha value is -1.81. The molecule has 0 unspecified atom stereocenters. The van der Waals surface area contributed by atoms with Gasteiger partial charge in [-0.05, 0) is 30.5 Å². The number of carboxylic acid groups (broad SMARTS) is 1. The van der Waals surface area contributed by atoms with E-state index in [1.165, 1.54) is 6.20 Å². The maximum atomic E-state index is 11.4. The molecule has 106 valence electrons. The molecule has 0 radical (unpaired) electrons. The van der Waals surface area contributed by atoms with Crippen LogP contribution in [-0.4, -0.2) is 20.6 Å². The number of carbonyl (C=O) groups is 1. The van der Waals surface area contributed by atoms with E-state index in [-0.39, 0.29) is 5.69 Å². The molecule has 0 aliphatic rings. The average molecular weight is 293 g/mol. The van der Waals surface area contributed by atoms with Crippen molar-refractivity contribution in [2.75, 3.05) is 0 Å². The smallest absolute Gasteiger partial charge is 0.354 e. The molecule has 0 aliphatic carbocycles. The molecule has 1 N–H and O–H groups in total. The predicted octanol–water partition coefficient (Wildman–Crippen LogP) is 3.66. The van der Waals surface area contributed by atoms with Crippen LogP contribution in [-0.2, 0) is 12.8 Å². The molecule has 0 fully saturated rings. The number of aryl methyl sites for hydroxylation is 2. The van der Waals surface area contributed by atoms with Crippen molar-refractivity contribution < 1.29 is 9.90 Å². The number of benzene rings is 1. The molecule has 0 spiro atoms. The highest BCUT2D eigenvalue weighted by molar-refractivity contribution is 6.31. The van der Waals surface area contributed by atoms with Gasteiger partial charge in [-0.3, -0.25) is 4.57 Å². The zero-order chi connectivity index (χ0) is 14.9. The van der Waals surface area contributed by atoms with Gasteiger partial charge in [0.2, 0.25) is 0 Å². The molecule has 1 aromatic heterocycles. The number of carboxylic acids is 1. The van der Waals surface area contributed by atoms with Crippen LogP contribution in [0.25, 0.3) is 5.69 Å². The molecule has 0 atom stereocenters. The van der Waals surface area contributed by atoms with Gasteiger partial charge in [-0.1, -0.05) is 31.5 Å². The number of imidazole rings is 1. The lowest BCUT2D eigenvalue weighted by atomic mass is 10.0. The van der Waals surface area contributed by atoms with E-state index in [2.05, 4.69) is 4.98 Å². The van der Waals surface area contributed by atoms with Gasteiger partial charge < -0.3 is 5.11 Å². The van der Waals surface area contributed by atoms with Gasteiger partial charge in [-0.25, -0.2) is 9.78 Å². The fourth-order valence-electron chi connectivity index (χ4n) is 2.37. The van der Waals surface area contributed by atoms with E-state index in [0.29, 0.717) is 11.4 Å². The molecular weight excluding hydrogens is 276 g/mol. The van der Waals surface area contributed by atoms with Crippen molar-refractivity contribution in [3.8, 4) is 5.69 Å². The fraction of sp³-hybridized carbons (Fsp3) is 0.333. The summed E-state index contributed by atoms with van der Waals surface area (Å²) in [6.07, 6.45) is 2.86. The third-order valence-corrected chi connectivity index (χ3v) is 3.83. The molecule has 0 saturated heterocycles. The summed E-state index contributed by atoms with van der Waals surface area (Å²) >= 11 is 6.21. The number of hydrogen-bond acceptors (Lipinski definition) is 2. The van der Waals surface area contributed by atoms with Gasteiger partial charge in [-0.2, -0.15) is 0 Å². The van der Waals surface area contributed by atoms with Crippen molar-refractivity contribution in [1.29, 1.82) is 0 Å². The first kappa shape index (κ1) is 14.6. The minimum Gasteiger partial charge on any atom is -0.477 e. The van der Waals surface area contributed by atoms with Gasteiger partial charge in [0, 0.05) is 11.4 Å². The van der Waals surface area contributed by atoms with E-state index in [9.17, 15) is 9.90 Å². The normalized spacial score (nSPS) is 10.8. The summed E-state index contributed by atoms with van der Waals surface area (Å²) < 4.78 is 1.71. The minimum absolute atomic E-state index is 0.168. The topological polar surface area (TPSA) is 55.1 Å². The first-order valence-electron chi connectivity index (χ1n) is 6.59. The molecule has 1 aromatic carbocycles. The van der Waals surface area contributed by atoms with Crippen molar-refractivity contribution in [3.05, 3.63) is 46.0 Å². The standard InChI is InChI=1S/C15H17ClN2O2/c1-4-10-6-7-11(16)9(3)14(10)18-12(15(19)20)8-17-13(18)5-2/h6-8H,4-5H2,1-3H3,(H,19,20). The molecule has 1 heterocycles. The van der Waals surface area contributed by atoms with Gasteiger partial charge >= 0.3 is 5.97 Å². The monoisotopic (exact) mass is 292 g/mol. The summed E-state index contributed by atoms with van der Waals surface area (Å²) in [4.78, 5) is 15.6. The second-order valence-corrected chi connectivity index (χ2v) is 4.99. The summed E-state index contributed by atoms with van der Waals surface area (Å²) in [6.45, 7) is 5.90. The Labute approximate surface area is 123 Å². The number of halogens is 1. The highest BCUT2D eigenvalue weighted by atomic mass is 35.5. The van der Waals surface area contributed by atoms with Crippen molar-refractivity contribution in [2.24, 2.45) is 0 Å². The Morgan fingerprint density at radius 3 is 2.60 bits per heavy atom. The summed E-state index contributed by atoms with van der Waals surface area (Å²) in [5.74, 6) is -0.263. The molecule has 4 nitrogen and oxygen atoms in total. The number of aromatic nitrogens is 2. The van der Waals surface area contributed by atoms with E-state index in [1.807, 2.05) is 32.9 Å². The fourth-order valence-corrected chi connectivity index (χ4v) is 2.52. The molecule has 0 aliphatic heterocycles. The van der Waals surface area contributed by atoms with Crippen LogP contribution in [0.1, 0.15) is 41.3 Å². The molecule has 5 heteroatoms. The van der Waals surface area contributed by atoms with Crippen molar-refractivity contribution in [1.82, 2.24) is 9.55 Å². The first-order chi connectivity index (χ1) is 9.51. The second kappa shape index (κ2) is 5.67. The third kappa shape index (κ3) is 2.31. The van der Waals surface area contributed by atoms with E-state index < -0.39 is 5.97 Å². The number of aromatic carboxylic acids is 1. The average Bonchev–Trinajstić information content (AvgIpc) is 2.85. The van der Waals surface area contributed by atoms with Crippen LogP contribution < -0.4 is 0 Å². The Morgan fingerprint density at radius 2 is 2.05 bits per heavy atom. The van der Waals surface area contributed by atoms with E-state index >= 15 is 0 Å². The quantitative estimate of drug-likeness (QED) is 0.935. The lowest BCUT2D eigenvalue weighted by molar-refractivity contribution is 0.0688. The van der Waals surface area contributed by atoms with Crippen molar-refractivity contribution in [3.63, 3.8) is 0 Å². The maximum Gasteiger partial charge on any atom is 0.354 e. The van der Waals surface area contributed by atoms with Crippen LogP contribution in [0.3, 0.4) is 0 Å². The number of rotatable bonds is 4. The van der Waals surface area contributed by atoms with Gasteiger partial charge in [0.25, 0.3) is 0 Å². The van der Waals surface area contributed by atoms with Crippen LogP contribution in [0, 0.1) is 6.92 Å². The predicted molar refractivity (Wildman–Crippen MR) is 79.0 cm³/mol. The van der Waals surface area contributed by atoms with Gasteiger partial charge in [0.1, 0.15) is 5.82 Å². The lowest BCUT2D eigenvalue weighted by Gasteiger charge is -2.17. The SMILES string of the molecule is CCc1ccc(Cl)c(C)c1-n1c(C(=O)O)cnc1CC. The summed E-state index contributed by atoms with van der Waals surface area (Å²) in [7, 11) is 0. The number of hydrogen-bond donors (Lipinski definition) is 1. The third-order valence-electron chi connectivity index (χ3n) is 3.42. The Bertz CT molecular complexity index is 662. The highest BCUT2D eigenvalue weighted by Crippen LogP contribution is 2.29. The molecule has 2 aromatic rings. The van der Waals surface area contributed by atoms with Gasteiger partial charge in [0.05, 0.1) is 11.9 Å². The molecular formula is C15H17ClN2O2. The van der Waals surface area contributed by atoms with Gasteiger partial charge in [-0.15, -0.1) is 0 Å². The molecule has 20 heavy (non-hydrogen) atoms. The van der Waals surface area contributed by atoms with Crippen LogP contribution in [0.4, 0.5) is 0 Å². The molecule has 2 rings (SSSR count). The molecule has 0 saturated carbocycles. The van der Waals surface area contributed by atoms with Crippen molar-refractivity contribution >= 4 is 17.6 Å². The van der Waals surface area contributed by atoms with Crippen LogP contribution in [0.15, 0.2) is 18.3 Å². The summed E-state index contributed by atoms with van der Waals surface area (Å²) in [5.41, 5.74) is 2.94. The number of nitrogens with zero attached hydrogens (tertiary/aromatic N) is 2. The Kier molecular flexibility index (Phi) is 4.14. The highest BCUT2D eigenvalue weighted by Gasteiger charge is 2.20. The van der Waals surface area contributed by atoms with Crippen LogP contribution in [0.5, 0.6) is 0 Å². The molecule has 0 bridgehead atoms. The largest absolute Gasteiger partial charge is 0.477 e. The van der Waals surface area contributed by atoms with Crippen LogP contribution >= 0.6 is 11.6 Å². The van der Waals surface area contributed by atoms with Gasteiger partial charge in [0.15, 0.2) is 5.69 Å². The zero-order valence-electron chi connectivity index (χ0n) is 11.8. The minimum atomic E-state index is -0.987. The van der Waals surface area contributed by atoms with E-state index in [1.54, 1.807) is 4.57 Å².